The molecule has 0 N–H and O–H groups in total. The summed E-state index contributed by atoms with van der Waals surface area (Å²) in [6, 6.07) is 17.4. The van der Waals surface area contributed by atoms with Crippen LogP contribution in [-0.2, 0) is 7.05 Å². The molecule has 6 rings (SSSR count). The number of hydrogen-bond donors (Lipinski definition) is 0. The molecule has 4 aromatic heterocycles. The maximum absolute atomic E-state index is 4.97. The predicted octanol–water partition coefficient (Wildman–Crippen LogP) is 5.72. The van der Waals surface area contributed by atoms with Crippen molar-refractivity contribution in [3.8, 4) is 11.3 Å². The smallest absolute Gasteiger partial charge is 0.242 e. The molecule has 0 amide bonds. The van der Waals surface area contributed by atoms with E-state index in [1.165, 1.54) is 42.5 Å². The van der Waals surface area contributed by atoms with Gasteiger partial charge in [0.15, 0.2) is 11.7 Å². The van der Waals surface area contributed by atoms with Crippen LogP contribution in [0.25, 0.3) is 48.1 Å². The molecule has 2 aromatic carbocycles. The molecule has 0 radical (unpaired) electrons. The number of imidazole rings is 1. The van der Waals surface area contributed by atoms with Crippen molar-refractivity contribution < 1.29 is 4.57 Å². The molecule has 3 nitrogen and oxygen atoms in total. The van der Waals surface area contributed by atoms with Gasteiger partial charge in [0.25, 0.3) is 0 Å². The zero-order chi connectivity index (χ0) is 18.1. The summed E-state index contributed by atoms with van der Waals surface area (Å²) in [6.07, 6.45) is 2.15. The van der Waals surface area contributed by atoms with E-state index >= 15 is 0 Å². The molecule has 0 aliphatic carbocycles. The number of fused-ring (bicyclic) bond motifs is 6. The van der Waals surface area contributed by atoms with Crippen molar-refractivity contribution >= 4 is 59.7 Å². The Morgan fingerprint density at radius 3 is 2.81 bits per heavy atom. The minimum Gasteiger partial charge on any atom is -0.247 e. The summed E-state index contributed by atoms with van der Waals surface area (Å²) >= 11 is 3.57. The molecule has 0 aliphatic heterocycles. The minimum absolute atomic E-state index is 1.02. The second kappa shape index (κ2) is 5.38. The Morgan fingerprint density at radius 2 is 1.89 bits per heavy atom. The topological polar surface area (TPSA) is 21.2 Å². The van der Waals surface area contributed by atoms with Crippen LogP contribution in [0.1, 0.15) is 5.56 Å². The van der Waals surface area contributed by atoms with Gasteiger partial charge in [-0.1, -0.05) is 41.9 Å². The van der Waals surface area contributed by atoms with Crippen molar-refractivity contribution in [2.45, 2.75) is 6.92 Å². The Kier molecular flexibility index (Phi) is 3.05. The number of nitrogens with zero attached hydrogens (tertiary/aromatic N) is 3. The molecule has 0 saturated carbocycles. The van der Waals surface area contributed by atoms with Crippen molar-refractivity contribution in [1.82, 2.24) is 8.77 Å². The lowest BCUT2D eigenvalue weighted by Gasteiger charge is -2.07. The van der Waals surface area contributed by atoms with Gasteiger partial charge in [0.2, 0.25) is 5.69 Å². The van der Waals surface area contributed by atoms with Gasteiger partial charge in [-0.15, -0.1) is 11.3 Å². The second-order valence-corrected chi connectivity index (χ2v) is 8.81. The summed E-state index contributed by atoms with van der Waals surface area (Å²) in [5, 5.41) is 4.75. The van der Waals surface area contributed by atoms with Crippen molar-refractivity contribution in [3.05, 3.63) is 65.7 Å². The highest BCUT2D eigenvalue weighted by Gasteiger charge is 2.24. The Labute approximate surface area is 163 Å². The lowest BCUT2D eigenvalue weighted by molar-refractivity contribution is -0.659. The zero-order valence-electron chi connectivity index (χ0n) is 14.9. The number of benzene rings is 2. The van der Waals surface area contributed by atoms with Gasteiger partial charge in [-0.25, -0.2) is 8.77 Å². The summed E-state index contributed by atoms with van der Waals surface area (Å²) in [7, 11) is 2.12. The molecule has 6 aromatic rings. The van der Waals surface area contributed by atoms with Gasteiger partial charge in [-0.05, 0) is 24.6 Å². The van der Waals surface area contributed by atoms with E-state index in [1.807, 2.05) is 11.3 Å². The largest absolute Gasteiger partial charge is 0.247 e. The van der Waals surface area contributed by atoms with E-state index in [4.69, 9.17) is 4.98 Å². The summed E-state index contributed by atoms with van der Waals surface area (Å²) in [5.41, 5.74) is 7.04. The van der Waals surface area contributed by atoms with Crippen LogP contribution in [0.3, 0.4) is 0 Å². The molecule has 0 aliphatic rings. The Bertz CT molecular complexity index is 1500. The molecule has 0 atom stereocenters. The fourth-order valence-corrected chi connectivity index (χ4v) is 6.10. The second-order valence-electron chi connectivity index (χ2n) is 6.91. The maximum Gasteiger partial charge on any atom is 0.242 e. The van der Waals surface area contributed by atoms with E-state index in [1.54, 1.807) is 11.5 Å². The number of aryl methyl sites for hydroxylation is 2. The van der Waals surface area contributed by atoms with Crippen LogP contribution in [0.2, 0.25) is 0 Å². The monoisotopic (exact) mass is 386 g/mol. The van der Waals surface area contributed by atoms with Gasteiger partial charge in [0.05, 0.1) is 11.1 Å². The van der Waals surface area contributed by atoms with Crippen molar-refractivity contribution in [1.29, 1.82) is 0 Å². The normalized spacial score (nSPS) is 12.1. The minimum atomic E-state index is 1.02. The molecule has 0 unspecified atom stereocenters. The standard InChI is InChI=1S/C22H16N3S2/c1-13-7-8-15-14-5-3-4-6-17(14)27-22(15)19(13)21-20-16(9-11-24(21)2)25-18(23-20)10-12-26-25/h3-12H,1-2H3/q+1. The molecule has 27 heavy (non-hydrogen) atoms. The van der Waals surface area contributed by atoms with Gasteiger partial charge >= 0.3 is 0 Å². The van der Waals surface area contributed by atoms with Crippen molar-refractivity contribution in [2.75, 3.05) is 0 Å². The SMILES string of the molecule is Cc1ccc2c(sc3ccccc32)c1-c1c2nc3ccsn3c2cc[n+]1C. The Hall–Kier alpha value is -2.76. The van der Waals surface area contributed by atoms with Crippen LogP contribution in [0.5, 0.6) is 0 Å². The Morgan fingerprint density at radius 1 is 1.00 bits per heavy atom. The molecule has 130 valence electrons. The molecule has 0 saturated heterocycles. The first-order chi connectivity index (χ1) is 13.2. The summed E-state index contributed by atoms with van der Waals surface area (Å²) in [4.78, 5) is 4.97. The third kappa shape index (κ3) is 2.01. The summed E-state index contributed by atoms with van der Waals surface area (Å²) in [6.45, 7) is 2.20. The number of hydrogen-bond acceptors (Lipinski definition) is 3. The Balaban J connectivity index is 1.82. The van der Waals surface area contributed by atoms with E-state index < -0.39 is 0 Å². The molecular weight excluding hydrogens is 370 g/mol. The van der Waals surface area contributed by atoms with Crippen LogP contribution in [-0.4, -0.2) is 8.77 Å². The third-order valence-electron chi connectivity index (χ3n) is 5.30. The molecule has 5 heteroatoms. The van der Waals surface area contributed by atoms with E-state index in [2.05, 4.69) is 82.4 Å². The zero-order valence-corrected chi connectivity index (χ0v) is 16.6. The molecule has 0 fully saturated rings. The fraction of sp³-hybridized carbons (Fsp3) is 0.0909. The molecular formula is C22H16N3S2+. The average molecular weight is 387 g/mol. The number of pyridine rings is 1. The van der Waals surface area contributed by atoms with Gasteiger partial charge in [0.1, 0.15) is 12.7 Å². The molecule has 0 bridgehead atoms. The first-order valence-electron chi connectivity index (χ1n) is 8.88. The molecule has 0 spiro atoms. The lowest BCUT2D eigenvalue weighted by atomic mass is 10.0. The quantitative estimate of drug-likeness (QED) is 0.331. The third-order valence-corrected chi connectivity index (χ3v) is 7.36. The highest BCUT2D eigenvalue weighted by molar-refractivity contribution is 7.26. The van der Waals surface area contributed by atoms with Gasteiger partial charge in [0, 0.05) is 31.6 Å². The summed E-state index contributed by atoms with van der Waals surface area (Å²) in [5.74, 6) is 0. The maximum atomic E-state index is 4.97. The predicted molar refractivity (Wildman–Crippen MR) is 115 cm³/mol. The van der Waals surface area contributed by atoms with E-state index in [9.17, 15) is 0 Å². The lowest BCUT2D eigenvalue weighted by Crippen LogP contribution is -2.30. The van der Waals surface area contributed by atoms with E-state index in [0.717, 1.165) is 11.2 Å². The number of aromatic nitrogens is 3. The van der Waals surface area contributed by atoms with Gasteiger partial charge in [-0.3, -0.25) is 0 Å². The summed E-state index contributed by atoms with van der Waals surface area (Å²) < 4.78 is 7.10. The first-order valence-corrected chi connectivity index (χ1v) is 10.5. The fourth-order valence-electron chi connectivity index (χ4n) is 4.03. The van der Waals surface area contributed by atoms with Crippen LogP contribution >= 0.6 is 22.9 Å². The van der Waals surface area contributed by atoms with Crippen LogP contribution in [0.15, 0.2) is 60.1 Å². The van der Waals surface area contributed by atoms with Gasteiger partial charge < -0.3 is 0 Å². The van der Waals surface area contributed by atoms with Crippen LogP contribution < -0.4 is 4.57 Å². The average Bonchev–Trinajstić information content (AvgIpc) is 3.35. The molecule has 4 heterocycles. The number of rotatable bonds is 1. The van der Waals surface area contributed by atoms with E-state index in [-0.39, 0.29) is 0 Å². The highest BCUT2D eigenvalue weighted by atomic mass is 32.1. The van der Waals surface area contributed by atoms with Crippen molar-refractivity contribution in [2.24, 2.45) is 7.05 Å². The van der Waals surface area contributed by atoms with E-state index in [0.29, 0.717) is 0 Å². The first kappa shape index (κ1) is 15.3. The van der Waals surface area contributed by atoms with Crippen molar-refractivity contribution in [3.63, 3.8) is 0 Å². The van der Waals surface area contributed by atoms with Crippen LogP contribution in [0, 0.1) is 6.92 Å². The highest BCUT2D eigenvalue weighted by Crippen LogP contribution is 2.42. The van der Waals surface area contributed by atoms with Crippen LogP contribution in [0.4, 0.5) is 0 Å². The number of thiophene rings is 1. The van der Waals surface area contributed by atoms with Gasteiger partial charge in [-0.2, -0.15) is 4.57 Å².